The molecule has 0 radical (unpaired) electrons. The Hall–Kier alpha value is -0.890. The van der Waals surface area contributed by atoms with Crippen LogP contribution in [-0.4, -0.2) is 5.78 Å². The van der Waals surface area contributed by atoms with Gasteiger partial charge in [-0.15, -0.1) is 0 Å². The highest BCUT2D eigenvalue weighted by atomic mass is 79.9. The number of hydrogen-bond acceptors (Lipinski definition) is 1. The maximum absolute atomic E-state index is 11.9. The minimum atomic E-state index is 0.277. The van der Waals surface area contributed by atoms with Gasteiger partial charge in [0.15, 0.2) is 5.78 Å². The fourth-order valence-electron chi connectivity index (χ4n) is 1.85. The van der Waals surface area contributed by atoms with Crippen molar-refractivity contribution in [3.8, 4) is 0 Å². The number of benzene rings is 1. The molecular formula is C13H13BrO. The average molecular weight is 265 g/mol. The van der Waals surface area contributed by atoms with Crippen molar-refractivity contribution in [1.29, 1.82) is 0 Å². The third kappa shape index (κ3) is 2.57. The molecule has 0 N–H and O–H groups in total. The van der Waals surface area contributed by atoms with Crippen molar-refractivity contribution in [2.75, 3.05) is 0 Å². The average Bonchev–Trinajstić information content (AvgIpc) is 2.74. The van der Waals surface area contributed by atoms with Crippen LogP contribution >= 0.6 is 15.9 Å². The van der Waals surface area contributed by atoms with E-state index in [0.717, 1.165) is 34.9 Å². The number of hydrogen-bond donors (Lipinski definition) is 0. The molecule has 0 fully saturated rings. The highest BCUT2D eigenvalue weighted by Gasteiger charge is 2.14. The fraction of sp³-hybridized carbons (Fsp3) is 0.308. The smallest absolute Gasteiger partial charge is 0.162 e. The van der Waals surface area contributed by atoms with Crippen LogP contribution < -0.4 is 0 Å². The summed E-state index contributed by atoms with van der Waals surface area (Å²) >= 11 is 3.46. The minimum absolute atomic E-state index is 0.277. The van der Waals surface area contributed by atoms with Gasteiger partial charge in [-0.25, -0.2) is 0 Å². The maximum atomic E-state index is 11.9. The number of halogens is 1. The van der Waals surface area contributed by atoms with Gasteiger partial charge >= 0.3 is 0 Å². The number of Topliss-reactive ketones (excluding diaryl/α,β-unsaturated/α-hetero) is 1. The lowest BCUT2D eigenvalue weighted by atomic mass is 10.0. The molecule has 1 aliphatic rings. The van der Waals surface area contributed by atoms with Crippen LogP contribution in [0.1, 0.15) is 24.8 Å². The predicted octanol–water partition coefficient (Wildman–Crippen LogP) is 3.67. The number of ketones is 1. The molecule has 2 rings (SSSR count). The van der Waals surface area contributed by atoms with Crippen LogP contribution in [0.3, 0.4) is 0 Å². The second kappa shape index (κ2) is 4.75. The van der Waals surface area contributed by atoms with Gasteiger partial charge in [-0.1, -0.05) is 40.2 Å². The summed E-state index contributed by atoms with van der Waals surface area (Å²) in [6.45, 7) is 0. The van der Waals surface area contributed by atoms with E-state index in [0.29, 0.717) is 6.42 Å². The van der Waals surface area contributed by atoms with Gasteiger partial charge < -0.3 is 0 Å². The Kier molecular flexibility index (Phi) is 3.37. The first-order valence-corrected chi connectivity index (χ1v) is 6.02. The molecule has 0 saturated heterocycles. The Morgan fingerprint density at radius 1 is 1.33 bits per heavy atom. The Bertz CT molecular complexity index is 407. The molecule has 0 amide bonds. The van der Waals surface area contributed by atoms with Crippen LogP contribution in [-0.2, 0) is 11.2 Å². The van der Waals surface area contributed by atoms with E-state index in [4.69, 9.17) is 0 Å². The van der Waals surface area contributed by atoms with E-state index in [1.165, 1.54) is 0 Å². The number of carbonyl (C=O) groups is 1. The van der Waals surface area contributed by atoms with Crippen molar-refractivity contribution in [1.82, 2.24) is 0 Å². The molecule has 0 spiro atoms. The van der Waals surface area contributed by atoms with Gasteiger partial charge in [-0.2, -0.15) is 0 Å². The highest BCUT2D eigenvalue weighted by Crippen LogP contribution is 2.22. The summed E-state index contributed by atoms with van der Waals surface area (Å²) in [5, 5.41) is 0. The van der Waals surface area contributed by atoms with Gasteiger partial charge in [0.2, 0.25) is 0 Å². The van der Waals surface area contributed by atoms with Crippen molar-refractivity contribution in [3.05, 3.63) is 46.0 Å². The summed E-state index contributed by atoms with van der Waals surface area (Å²) in [5.74, 6) is 0.277. The zero-order valence-corrected chi connectivity index (χ0v) is 10.1. The van der Waals surface area contributed by atoms with E-state index in [2.05, 4.69) is 22.0 Å². The molecule has 15 heavy (non-hydrogen) atoms. The second-order valence-corrected chi connectivity index (χ2v) is 4.67. The summed E-state index contributed by atoms with van der Waals surface area (Å²) in [6.07, 6.45) is 5.77. The third-order valence-corrected chi connectivity index (χ3v) is 3.48. The standard InChI is InChI=1S/C13H13BrO/c14-12-8-4-3-7-11(12)9-13(15)10-5-1-2-6-10/h3-5,7-8H,1-2,6,9H2. The minimum Gasteiger partial charge on any atom is -0.294 e. The topological polar surface area (TPSA) is 17.1 Å². The summed E-state index contributed by atoms with van der Waals surface area (Å²) in [7, 11) is 0. The number of rotatable bonds is 3. The first-order valence-electron chi connectivity index (χ1n) is 5.23. The molecule has 0 aliphatic heterocycles. The van der Waals surface area contributed by atoms with E-state index < -0.39 is 0 Å². The van der Waals surface area contributed by atoms with Gasteiger partial charge in [0.05, 0.1) is 0 Å². The zero-order valence-electron chi connectivity index (χ0n) is 8.50. The van der Waals surface area contributed by atoms with Crippen LogP contribution in [0.2, 0.25) is 0 Å². The van der Waals surface area contributed by atoms with E-state index in [1.54, 1.807) is 0 Å². The van der Waals surface area contributed by atoms with Gasteiger partial charge in [-0.05, 0) is 36.5 Å². The van der Waals surface area contributed by atoms with Crippen LogP contribution in [0.5, 0.6) is 0 Å². The largest absolute Gasteiger partial charge is 0.294 e. The van der Waals surface area contributed by atoms with Crippen molar-refractivity contribution in [2.24, 2.45) is 0 Å². The summed E-state index contributed by atoms with van der Waals surface area (Å²) in [5.41, 5.74) is 2.10. The quantitative estimate of drug-likeness (QED) is 0.814. The van der Waals surface area contributed by atoms with Crippen LogP contribution in [0.25, 0.3) is 0 Å². The van der Waals surface area contributed by atoms with Gasteiger partial charge in [0, 0.05) is 10.9 Å². The van der Waals surface area contributed by atoms with Crippen molar-refractivity contribution in [2.45, 2.75) is 25.7 Å². The third-order valence-electron chi connectivity index (χ3n) is 2.71. The molecule has 0 saturated carbocycles. The molecule has 0 unspecified atom stereocenters. The molecule has 2 heteroatoms. The lowest BCUT2D eigenvalue weighted by molar-refractivity contribution is -0.115. The number of carbonyl (C=O) groups excluding carboxylic acids is 1. The molecule has 1 aromatic rings. The van der Waals surface area contributed by atoms with E-state index in [1.807, 2.05) is 24.3 Å². The van der Waals surface area contributed by atoms with Gasteiger partial charge in [-0.3, -0.25) is 4.79 Å². The Morgan fingerprint density at radius 2 is 2.13 bits per heavy atom. The van der Waals surface area contributed by atoms with Crippen molar-refractivity contribution in [3.63, 3.8) is 0 Å². The SMILES string of the molecule is O=C(Cc1ccccc1Br)C1=CCCC1. The molecule has 0 aromatic heterocycles. The van der Waals surface area contributed by atoms with E-state index in [-0.39, 0.29) is 5.78 Å². The summed E-state index contributed by atoms with van der Waals surface area (Å²) < 4.78 is 1.02. The molecule has 0 heterocycles. The van der Waals surface area contributed by atoms with Gasteiger partial charge in [0.1, 0.15) is 0 Å². The molecule has 1 aromatic carbocycles. The zero-order chi connectivity index (χ0) is 10.7. The fourth-order valence-corrected chi connectivity index (χ4v) is 2.28. The summed E-state index contributed by atoms with van der Waals surface area (Å²) in [4.78, 5) is 11.9. The molecule has 1 aliphatic carbocycles. The molecular weight excluding hydrogens is 252 g/mol. The van der Waals surface area contributed by atoms with Crippen LogP contribution in [0.15, 0.2) is 40.4 Å². The number of allylic oxidation sites excluding steroid dienone is 2. The van der Waals surface area contributed by atoms with Crippen molar-refractivity contribution >= 4 is 21.7 Å². The Labute approximate surface area is 98.3 Å². The van der Waals surface area contributed by atoms with Gasteiger partial charge in [0.25, 0.3) is 0 Å². The maximum Gasteiger partial charge on any atom is 0.162 e. The monoisotopic (exact) mass is 264 g/mol. The van der Waals surface area contributed by atoms with E-state index in [9.17, 15) is 4.79 Å². The summed E-state index contributed by atoms with van der Waals surface area (Å²) in [6, 6.07) is 7.91. The van der Waals surface area contributed by atoms with E-state index >= 15 is 0 Å². The Morgan fingerprint density at radius 3 is 2.80 bits per heavy atom. The highest BCUT2D eigenvalue weighted by molar-refractivity contribution is 9.10. The first kappa shape index (κ1) is 10.6. The molecule has 0 atom stereocenters. The normalized spacial score (nSPS) is 15.1. The second-order valence-electron chi connectivity index (χ2n) is 3.81. The molecule has 78 valence electrons. The lowest BCUT2D eigenvalue weighted by Gasteiger charge is -2.04. The Balaban J connectivity index is 2.09. The lowest BCUT2D eigenvalue weighted by Crippen LogP contribution is -2.05. The first-order chi connectivity index (χ1) is 7.27. The van der Waals surface area contributed by atoms with Crippen LogP contribution in [0, 0.1) is 0 Å². The molecule has 1 nitrogen and oxygen atoms in total. The predicted molar refractivity (Wildman–Crippen MR) is 64.8 cm³/mol. The molecule has 0 bridgehead atoms. The van der Waals surface area contributed by atoms with Crippen LogP contribution in [0.4, 0.5) is 0 Å². The van der Waals surface area contributed by atoms with Crippen molar-refractivity contribution < 1.29 is 4.79 Å².